The molecule has 3 rings (SSSR count). The highest BCUT2D eigenvalue weighted by molar-refractivity contribution is 14.1. The molecule has 0 fully saturated rings. The van der Waals surface area contributed by atoms with Crippen LogP contribution in [0.2, 0.25) is 0 Å². The van der Waals surface area contributed by atoms with E-state index < -0.39 is 0 Å². The summed E-state index contributed by atoms with van der Waals surface area (Å²) >= 11 is 3.57. The van der Waals surface area contributed by atoms with E-state index in [1.54, 1.807) is 12.1 Å². The van der Waals surface area contributed by atoms with Crippen LogP contribution in [-0.4, -0.2) is 16.8 Å². The van der Waals surface area contributed by atoms with Crippen molar-refractivity contribution in [2.45, 2.75) is 6.92 Å². The number of amides is 2. The largest absolute Gasteiger partial charge is 0.326 e. The van der Waals surface area contributed by atoms with E-state index in [1.807, 2.05) is 41.8 Å². The smallest absolute Gasteiger partial charge is 0.257 e. The number of benzene rings is 2. The van der Waals surface area contributed by atoms with Crippen molar-refractivity contribution in [2.75, 3.05) is 10.6 Å². The molecule has 0 aliphatic carbocycles. The number of rotatable bonds is 4. The third kappa shape index (κ3) is 4.64. The Bertz CT molecular complexity index is 905. The lowest BCUT2D eigenvalue weighted by Crippen LogP contribution is -2.11. The van der Waals surface area contributed by atoms with Crippen molar-refractivity contribution in [3.8, 4) is 11.3 Å². The molecule has 2 aromatic carbocycles. The average Bonchev–Trinajstić information content (AvgIpc) is 3.04. The molecule has 0 unspecified atom stereocenters. The van der Waals surface area contributed by atoms with Crippen LogP contribution in [0.25, 0.3) is 11.3 Å². The van der Waals surface area contributed by atoms with Gasteiger partial charge in [0, 0.05) is 32.7 Å². The van der Waals surface area contributed by atoms with Gasteiger partial charge in [0.2, 0.25) is 5.91 Å². The van der Waals surface area contributed by atoms with Gasteiger partial charge in [-0.2, -0.15) is 0 Å². The van der Waals surface area contributed by atoms with Crippen molar-refractivity contribution in [3.63, 3.8) is 0 Å². The van der Waals surface area contributed by atoms with Crippen molar-refractivity contribution < 1.29 is 9.59 Å². The van der Waals surface area contributed by atoms with Gasteiger partial charge in [-0.25, -0.2) is 4.98 Å². The molecular weight excluding hydrogens is 449 g/mol. The standard InChI is InChI=1S/C18H14IN3O2S/c1-11(23)20-15-8-4-12(5-9-15)16-10-25-18(21-16)22-17(24)13-2-6-14(19)7-3-13/h2-10H,1H3,(H,20,23)(H,21,22,24). The van der Waals surface area contributed by atoms with E-state index in [4.69, 9.17) is 0 Å². The van der Waals surface area contributed by atoms with E-state index in [-0.39, 0.29) is 11.8 Å². The third-order valence-electron chi connectivity index (χ3n) is 3.33. The lowest BCUT2D eigenvalue weighted by Gasteiger charge is -2.03. The molecule has 0 saturated heterocycles. The van der Waals surface area contributed by atoms with E-state index in [0.29, 0.717) is 10.7 Å². The molecule has 0 aliphatic rings. The molecule has 1 aromatic heterocycles. The first-order valence-corrected chi connectivity index (χ1v) is 9.37. The van der Waals surface area contributed by atoms with Gasteiger partial charge in [0.15, 0.2) is 5.13 Å². The molecule has 7 heteroatoms. The minimum Gasteiger partial charge on any atom is -0.326 e. The van der Waals surface area contributed by atoms with Crippen molar-refractivity contribution in [3.05, 3.63) is 63.0 Å². The molecule has 2 N–H and O–H groups in total. The summed E-state index contributed by atoms with van der Waals surface area (Å²) in [5.74, 6) is -0.291. The molecule has 0 atom stereocenters. The number of hydrogen-bond acceptors (Lipinski definition) is 4. The van der Waals surface area contributed by atoms with E-state index >= 15 is 0 Å². The molecule has 0 saturated carbocycles. The summed E-state index contributed by atoms with van der Waals surface area (Å²) in [6, 6.07) is 14.7. The maximum atomic E-state index is 12.2. The predicted molar refractivity (Wildman–Crippen MR) is 109 cm³/mol. The Balaban J connectivity index is 1.70. The van der Waals surface area contributed by atoms with Gasteiger partial charge in [-0.1, -0.05) is 12.1 Å². The van der Waals surface area contributed by atoms with E-state index in [1.165, 1.54) is 18.3 Å². The molecule has 126 valence electrons. The minimum atomic E-state index is -0.182. The second kappa shape index (κ2) is 7.75. The number of anilines is 2. The molecule has 0 spiro atoms. The predicted octanol–water partition coefficient (Wildman–Crippen LogP) is 4.63. The summed E-state index contributed by atoms with van der Waals surface area (Å²) in [5.41, 5.74) is 3.02. The van der Waals surface area contributed by atoms with Crippen LogP contribution in [0.4, 0.5) is 10.8 Å². The van der Waals surface area contributed by atoms with Gasteiger partial charge in [0.05, 0.1) is 5.69 Å². The Morgan fingerprint density at radius 1 is 1.00 bits per heavy atom. The van der Waals surface area contributed by atoms with Crippen molar-refractivity contribution in [1.82, 2.24) is 4.98 Å². The Kier molecular flexibility index (Phi) is 5.44. The van der Waals surface area contributed by atoms with E-state index in [0.717, 1.165) is 20.5 Å². The fraction of sp³-hybridized carbons (Fsp3) is 0.0556. The normalized spacial score (nSPS) is 10.3. The van der Waals surface area contributed by atoms with Gasteiger partial charge in [-0.15, -0.1) is 11.3 Å². The van der Waals surface area contributed by atoms with Crippen LogP contribution in [0, 0.1) is 3.57 Å². The number of nitrogens with one attached hydrogen (secondary N) is 2. The van der Waals surface area contributed by atoms with Crippen LogP contribution in [0.5, 0.6) is 0 Å². The first kappa shape index (κ1) is 17.6. The molecule has 0 radical (unpaired) electrons. The van der Waals surface area contributed by atoms with Gasteiger partial charge in [0.25, 0.3) is 5.91 Å². The highest BCUT2D eigenvalue weighted by Crippen LogP contribution is 2.26. The summed E-state index contributed by atoms with van der Waals surface area (Å²) in [5, 5.41) is 7.97. The molecule has 0 aliphatic heterocycles. The van der Waals surface area contributed by atoms with Crippen LogP contribution >= 0.6 is 33.9 Å². The van der Waals surface area contributed by atoms with Gasteiger partial charge in [-0.3, -0.25) is 14.9 Å². The summed E-state index contributed by atoms with van der Waals surface area (Å²) in [6.45, 7) is 1.47. The zero-order valence-corrected chi connectivity index (χ0v) is 16.2. The van der Waals surface area contributed by atoms with Crippen LogP contribution in [-0.2, 0) is 4.79 Å². The van der Waals surface area contributed by atoms with Crippen LogP contribution in [0.15, 0.2) is 53.9 Å². The van der Waals surface area contributed by atoms with Crippen LogP contribution in [0.3, 0.4) is 0 Å². The van der Waals surface area contributed by atoms with Gasteiger partial charge in [-0.05, 0) is 59.0 Å². The van der Waals surface area contributed by atoms with Gasteiger partial charge >= 0.3 is 0 Å². The SMILES string of the molecule is CC(=O)Nc1ccc(-c2csc(NC(=O)c3ccc(I)cc3)n2)cc1. The zero-order chi connectivity index (χ0) is 17.8. The molecular formula is C18H14IN3O2S. The number of carbonyl (C=O) groups is 2. The zero-order valence-electron chi connectivity index (χ0n) is 13.2. The number of hydrogen-bond donors (Lipinski definition) is 2. The second-order valence-corrected chi connectivity index (χ2v) is 7.36. The second-order valence-electron chi connectivity index (χ2n) is 5.26. The first-order chi connectivity index (χ1) is 12.0. The molecule has 3 aromatic rings. The highest BCUT2D eigenvalue weighted by atomic mass is 127. The topological polar surface area (TPSA) is 71.1 Å². The monoisotopic (exact) mass is 463 g/mol. The minimum absolute atomic E-state index is 0.109. The molecule has 2 amide bonds. The molecule has 5 nitrogen and oxygen atoms in total. The first-order valence-electron chi connectivity index (χ1n) is 7.42. The average molecular weight is 463 g/mol. The van der Waals surface area contributed by atoms with Crippen molar-refractivity contribution in [2.24, 2.45) is 0 Å². The number of halogens is 1. The van der Waals surface area contributed by atoms with Crippen LogP contribution in [0.1, 0.15) is 17.3 Å². The van der Waals surface area contributed by atoms with E-state index in [9.17, 15) is 9.59 Å². The summed E-state index contributed by atoms with van der Waals surface area (Å²) < 4.78 is 1.08. The number of nitrogens with zero attached hydrogens (tertiary/aromatic N) is 1. The maximum absolute atomic E-state index is 12.2. The summed E-state index contributed by atoms with van der Waals surface area (Å²) in [4.78, 5) is 27.7. The molecule has 1 heterocycles. The van der Waals surface area contributed by atoms with Gasteiger partial charge in [0.1, 0.15) is 0 Å². The Morgan fingerprint density at radius 2 is 1.68 bits per heavy atom. The molecule has 25 heavy (non-hydrogen) atoms. The number of carbonyl (C=O) groups excluding carboxylic acids is 2. The molecule has 0 bridgehead atoms. The highest BCUT2D eigenvalue weighted by Gasteiger charge is 2.10. The third-order valence-corrected chi connectivity index (χ3v) is 4.81. The van der Waals surface area contributed by atoms with Crippen LogP contribution < -0.4 is 10.6 Å². The van der Waals surface area contributed by atoms with E-state index in [2.05, 4.69) is 38.2 Å². The Morgan fingerprint density at radius 3 is 2.32 bits per heavy atom. The lowest BCUT2D eigenvalue weighted by atomic mass is 10.1. The fourth-order valence-electron chi connectivity index (χ4n) is 2.16. The fourth-order valence-corrected chi connectivity index (χ4v) is 3.24. The quantitative estimate of drug-likeness (QED) is 0.555. The summed E-state index contributed by atoms with van der Waals surface area (Å²) in [6.07, 6.45) is 0. The summed E-state index contributed by atoms with van der Waals surface area (Å²) in [7, 11) is 0. The Labute approximate surface area is 162 Å². The number of aromatic nitrogens is 1. The van der Waals surface area contributed by atoms with Crippen molar-refractivity contribution in [1.29, 1.82) is 0 Å². The van der Waals surface area contributed by atoms with Crippen molar-refractivity contribution >= 4 is 56.6 Å². The van der Waals surface area contributed by atoms with Gasteiger partial charge < -0.3 is 5.32 Å². The Hall–Kier alpha value is -2.26. The maximum Gasteiger partial charge on any atom is 0.257 e. The number of thiazole rings is 1. The lowest BCUT2D eigenvalue weighted by molar-refractivity contribution is -0.114.